The molecular formula is C75H126O17P2. The lowest BCUT2D eigenvalue weighted by Crippen LogP contribution is -2.30. The first-order valence-electron chi connectivity index (χ1n) is 35.8. The second-order valence-electron chi connectivity index (χ2n) is 23.4. The summed E-state index contributed by atoms with van der Waals surface area (Å²) in [5.41, 5.74) is 0. The Morgan fingerprint density at radius 3 is 0.989 bits per heavy atom. The highest BCUT2D eigenvalue weighted by Gasteiger charge is 2.30. The van der Waals surface area contributed by atoms with Crippen molar-refractivity contribution < 1.29 is 80.2 Å². The van der Waals surface area contributed by atoms with Crippen LogP contribution in [0.5, 0.6) is 0 Å². The summed E-state index contributed by atoms with van der Waals surface area (Å²) in [6.07, 6.45) is 71.0. The summed E-state index contributed by atoms with van der Waals surface area (Å²) in [5.74, 6) is -2.36. The minimum atomic E-state index is -4.99. The van der Waals surface area contributed by atoms with E-state index in [1.165, 1.54) is 38.5 Å². The second kappa shape index (κ2) is 67.0. The Balaban J connectivity index is 5.41. The molecule has 0 rings (SSSR count). The van der Waals surface area contributed by atoms with Gasteiger partial charge in [0, 0.05) is 19.3 Å². The number of phosphoric ester groups is 2. The number of phosphoric acid groups is 2. The third-order valence-electron chi connectivity index (χ3n) is 14.4. The van der Waals surface area contributed by atoms with Crippen LogP contribution in [0.25, 0.3) is 0 Å². The zero-order valence-corrected chi connectivity index (χ0v) is 60.1. The Hall–Kier alpha value is -4.54. The van der Waals surface area contributed by atoms with Gasteiger partial charge in [0.15, 0.2) is 12.2 Å². The van der Waals surface area contributed by atoms with E-state index < -0.39 is 97.5 Å². The van der Waals surface area contributed by atoms with Gasteiger partial charge in [-0.05, 0) is 109 Å². The molecule has 0 saturated heterocycles. The lowest BCUT2D eigenvalue weighted by atomic mass is 10.1. The summed E-state index contributed by atoms with van der Waals surface area (Å²) in [7, 11) is -9.97. The first-order valence-corrected chi connectivity index (χ1v) is 38.8. The van der Waals surface area contributed by atoms with Gasteiger partial charge in [-0.1, -0.05) is 258 Å². The van der Waals surface area contributed by atoms with E-state index in [1.54, 1.807) is 6.08 Å². The number of unbranched alkanes of at least 4 members (excludes halogenated alkanes) is 21. The Morgan fingerprint density at radius 2 is 0.617 bits per heavy atom. The smallest absolute Gasteiger partial charge is 0.462 e. The molecular weight excluding hydrogens is 1230 g/mol. The van der Waals surface area contributed by atoms with E-state index in [9.17, 15) is 43.2 Å². The van der Waals surface area contributed by atoms with Gasteiger partial charge in [0.25, 0.3) is 0 Å². The van der Waals surface area contributed by atoms with Crippen LogP contribution in [-0.4, -0.2) is 96.7 Å². The van der Waals surface area contributed by atoms with Crippen LogP contribution < -0.4 is 0 Å². The number of aliphatic hydroxyl groups is 1. The topological polar surface area (TPSA) is 237 Å². The maximum atomic E-state index is 13.0. The highest BCUT2D eigenvalue weighted by molar-refractivity contribution is 7.47. The van der Waals surface area contributed by atoms with Crippen LogP contribution in [0.4, 0.5) is 0 Å². The lowest BCUT2D eigenvalue weighted by Gasteiger charge is -2.21. The largest absolute Gasteiger partial charge is 0.472 e. The molecule has 0 aliphatic rings. The first kappa shape index (κ1) is 89.5. The van der Waals surface area contributed by atoms with Crippen LogP contribution in [-0.2, 0) is 65.4 Å². The number of allylic oxidation sites excluding steroid dienone is 19. The molecule has 19 heteroatoms. The van der Waals surface area contributed by atoms with Crippen molar-refractivity contribution in [3.8, 4) is 0 Å². The Bertz CT molecular complexity index is 2270. The quantitative estimate of drug-likeness (QED) is 0.0169. The number of hydrogen-bond donors (Lipinski definition) is 3. The number of aliphatic hydroxyl groups excluding tert-OH is 1. The molecule has 0 amide bonds. The zero-order valence-electron chi connectivity index (χ0n) is 58.3. The third-order valence-corrected chi connectivity index (χ3v) is 16.3. The molecule has 0 radical (unpaired) electrons. The summed E-state index contributed by atoms with van der Waals surface area (Å²) in [6.45, 7) is 4.40. The van der Waals surface area contributed by atoms with Gasteiger partial charge in [0.05, 0.1) is 32.8 Å². The van der Waals surface area contributed by atoms with E-state index in [-0.39, 0.29) is 25.7 Å². The number of carbonyl (C=O) groups is 4. The maximum absolute atomic E-state index is 13.0. The molecule has 94 heavy (non-hydrogen) atoms. The Morgan fingerprint density at radius 1 is 0.319 bits per heavy atom. The highest BCUT2D eigenvalue weighted by Crippen LogP contribution is 2.45. The number of ether oxygens (including phenoxy) is 4. The van der Waals surface area contributed by atoms with E-state index in [0.717, 1.165) is 154 Å². The van der Waals surface area contributed by atoms with Crippen molar-refractivity contribution in [2.45, 2.75) is 290 Å². The van der Waals surface area contributed by atoms with E-state index in [2.05, 4.69) is 125 Å². The van der Waals surface area contributed by atoms with Gasteiger partial charge in [0.2, 0.25) is 0 Å². The van der Waals surface area contributed by atoms with E-state index in [1.807, 2.05) is 18.2 Å². The van der Waals surface area contributed by atoms with Gasteiger partial charge < -0.3 is 33.8 Å². The van der Waals surface area contributed by atoms with Gasteiger partial charge in [-0.2, -0.15) is 0 Å². The lowest BCUT2D eigenvalue weighted by molar-refractivity contribution is -0.161. The van der Waals surface area contributed by atoms with Gasteiger partial charge in [-0.3, -0.25) is 37.3 Å². The van der Waals surface area contributed by atoms with Crippen molar-refractivity contribution in [2.24, 2.45) is 0 Å². The van der Waals surface area contributed by atoms with Gasteiger partial charge in [0.1, 0.15) is 19.3 Å². The minimum Gasteiger partial charge on any atom is -0.462 e. The fourth-order valence-electron chi connectivity index (χ4n) is 9.05. The molecule has 538 valence electrons. The molecule has 0 aromatic heterocycles. The average molecular weight is 1360 g/mol. The third kappa shape index (κ3) is 66.1. The molecule has 0 fully saturated rings. The molecule has 0 aromatic rings. The van der Waals surface area contributed by atoms with E-state index >= 15 is 0 Å². The van der Waals surface area contributed by atoms with Gasteiger partial charge >= 0.3 is 39.5 Å². The maximum Gasteiger partial charge on any atom is 0.472 e. The number of carbonyl (C=O) groups excluding carboxylic acids is 4. The summed E-state index contributed by atoms with van der Waals surface area (Å²) in [6, 6.07) is 0. The molecule has 0 bridgehead atoms. The van der Waals surface area contributed by atoms with Gasteiger partial charge in [-0.15, -0.1) is 0 Å². The standard InChI is InChI=1S/C75H126O17P2/c1-5-9-13-17-21-25-29-32-34-37-40-43-47-51-55-59-72(77)85-65-70(91-74(79)61-57-53-49-45-39-28-24-20-16-12-8-4)67-89-93(81,82)87-63-69(76)64-88-94(83,84)90-68-71(92-75(80)62-58-54-50-46-42-36-31-27-23-19-15-11-7-3)66-86-73(78)60-56-52-48-44-41-38-35-33-30-26-22-18-14-10-6-2/h9-10,13-15,19,21-22,25-27,31-35,41,44,52,56,69-71,76H,5-8,11-12,16-18,20,23-24,28-30,36-40,42-43,45-51,53-55,57-68H2,1-4H3,(H,81,82)(H,83,84)/b13-9-,14-10-,19-15-,25-21-,26-22-,31-27-,34-32-,35-33-,44-41-,56-52-. The van der Waals surface area contributed by atoms with Crippen LogP contribution in [0.1, 0.15) is 272 Å². The van der Waals surface area contributed by atoms with Crippen molar-refractivity contribution in [1.82, 2.24) is 0 Å². The summed E-state index contributed by atoms with van der Waals surface area (Å²) in [5, 5.41) is 10.6. The molecule has 0 aromatic carbocycles. The summed E-state index contributed by atoms with van der Waals surface area (Å²) in [4.78, 5) is 72.5. The molecule has 3 N–H and O–H groups in total. The van der Waals surface area contributed by atoms with Crippen molar-refractivity contribution >= 4 is 39.5 Å². The fraction of sp³-hybridized carbons (Fsp3) is 0.680. The molecule has 5 unspecified atom stereocenters. The molecule has 0 aliphatic carbocycles. The van der Waals surface area contributed by atoms with Crippen molar-refractivity contribution in [3.05, 3.63) is 122 Å². The van der Waals surface area contributed by atoms with Crippen LogP contribution >= 0.6 is 15.6 Å². The normalized spacial score (nSPS) is 14.8. The molecule has 17 nitrogen and oxygen atoms in total. The number of rotatable bonds is 66. The molecule has 0 saturated carbocycles. The van der Waals surface area contributed by atoms with E-state index in [0.29, 0.717) is 25.7 Å². The summed E-state index contributed by atoms with van der Waals surface area (Å²) < 4.78 is 68.1. The zero-order chi connectivity index (χ0) is 69.0. The SMILES string of the molecule is CC/C=C\C/C=C\C/C=C\C/C=C\C/C=C\CC(=O)OCC(COP(=O)(O)OCC(O)COP(=O)(O)OCC(COC(=O)CCCCCCC/C=C\C/C=C\C/C=C\CC)OC(=O)CCCCCCCCCCCCC)OC(=O)CCCCCCC/C=C\C/C=C\CCC. The average Bonchev–Trinajstić information content (AvgIpc) is 1.55. The molecule has 0 aliphatic heterocycles. The van der Waals surface area contributed by atoms with Gasteiger partial charge in [-0.25, -0.2) is 9.13 Å². The van der Waals surface area contributed by atoms with Crippen LogP contribution in [0, 0.1) is 0 Å². The predicted molar refractivity (Wildman–Crippen MR) is 381 cm³/mol. The Kier molecular flexibility index (Phi) is 63.8. The van der Waals surface area contributed by atoms with Crippen LogP contribution in [0.2, 0.25) is 0 Å². The monoisotopic (exact) mass is 1360 g/mol. The second-order valence-corrected chi connectivity index (χ2v) is 26.3. The first-order chi connectivity index (χ1) is 45.7. The van der Waals surface area contributed by atoms with Crippen molar-refractivity contribution in [1.29, 1.82) is 0 Å². The van der Waals surface area contributed by atoms with Crippen LogP contribution in [0.15, 0.2) is 122 Å². The van der Waals surface area contributed by atoms with Crippen molar-refractivity contribution in [3.63, 3.8) is 0 Å². The highest BCUT2D eigenvalue weighted by atomic mass is 31.2. The Labute approximate surface area is 568 Å². The van der Waals surface area contributed by atoms with Crippen LogP contribution in [0.3, 0.4) is 0 Å². The van der Waals surface area contributed by atoms with Crippen molar-refractivity contribution in [2.75, 3.05) is 39.6 Å². The molecule has 0 heterocycles. The minimum absolute atomic E-state index is 0.0570. The predicted octanol–water partition coefficient (Wildman–Crippen LogP) is 20.0. The number of hydrogen-bond acceptors (Lipinski definition) is 15. The van der Waals surface area contributed by atoms with E-state index in [4.69, 9.17) is 37.0 Å². The molecule has 0 spiro atoms. The number of esters is 4. The molecule has 5 atom stereocenters. The summed E-state index contributed by atoms with van der Waals surface area (Å²) >= 11 is 0. The fourth-order valence-corrected chi connectivity index (χ4v) is 10.6.